The van der Waals surface area contributed by atoms with Gasteiger partial charge in [0.05, 0.1) is 0 Å². The first-order chi connectivity index (χ1) is 10.2. The van der Waals surface area contributed by atoms with Gasteiger partial charge < -0.3 is 10.3 Å². The van der Waals surface area contributed by atoms with Gasteiger partial charge in [-0.05, 0) is 49.1 Å². The summed E-state index contributed by atoms with van der Waals surface area (Å²) in [5.74, 6) is 1.30. The largest absolute Gasteiger partial charge is 0.339 e. The van der Waals surface area contributed by atoms with E-state index in [-0.39, 0.29) is 5.41 Å². The second kappa shape index (κ2) is 6.16. The van der Waals surface area contributed by atoms with Crippen molar-refractivity contribution < 1.29 is 4.52 Å². The Kier molecular flexibility index (Phi) is 4.27. The molecule has 1 aromatic heterocycles. The molecule has 2 N–H and O–H groups in total. The second-order valence-corrected chi connectivity index (χ2v) is 6.40. The quantitative estimate of drug-likeness (QED) is 0.932. The van der Waals surface area contributed by atoms with Gasteiger partial charge in [-0.2, -0.15) is 4.98 Å². The summed E-state index contributed by atoms with van der Waals surface area (Å²) in [6.45, 7) is 0.686. The first-order valence-electron chi connectivity index (χ1n) is 7.49. The van der Waals surface area contributed by atoms with E-state index in [0.29, 0.717) is 23.3 Å². The predicted octanol–water partition coefficient (Wildman–Crippen LogP) is 3.84. The molecule has 4 nitrogen and oxygen atoms in total. The fourth-order valence-electron chi connectivity index (χ4n) is 3.12. The molecule has 0 amide bonds. The number of hydrogen-bond acceptors (Lipinski definition) is 4. The SMILES string of the molecule is NCC1(Cc2nc(-c3ccc(Cl)cc3)no2)CCCCC1. The van der Waals surface area contributed by atoms with Crippen LogP contribution in [-0.2, 0) is 6.42 Å². The number of benzene rings is 1. The van der Waals surface area contributed by atoms with Gasteiger partial charge in [-0.3, -0.25) is 0 Å². The van der Waals surface area contributed by atoms with Gasteiger partial charge in [-0.15, -0.1) is 0 Å². The normalized spacial score (nSPS) is 17.8. The maximum Gasteiger partial charge on any atom is 0.227 e. The molecule has 0 spiro atoms. The lowest BCUT2D eigenvalue weighted by Gasteiger charge is -2.34. The van der Waals surface area contributed by atoms with Crippen molar-refractivity contribution in [1.29, 1.82) is 0 Å². The van der Waals surface area contributed by atoms with Crippen molar-refractivity contribution in [3.8, 4) is 11.4 Å². The van der Waals surface area contributed by atoms with Crippen molar-refractivity contribution in [2.24, 2.45) is 11.1 Å². The number of halogens is 1. The lowest BCUT2D eigenvalue weighted by molar-refractivity contribution is 0.177. The molecule has 3 rings (SSSR count). The molecule has 0 aliphatic heterocycles. The van der Waals surface area contributed by atoms with Gasteiger partial charge in [0.25, 0.3) is 0 Å². The molecular formula is C16H20ClN3O. The monoisotopic (exact) mass is 305 g/mol. The van der Waals surface area contributed by atoms with E-state index in [9.17, 15) is 0 Å². The third kappa shape index (κ3) is 3.27. The molecule has 0 saturated heterocycles. The molecular weight excluding hydrogens is 286 g/mol. The first-order valence-corrected chi connectivity index (χ1v) is 7.87. The van der Waals surface area contributed by atoms with Crippen LogP contribution in [-0.4, -0.2) is 16.7 Å². The number of hydrogen-bond donors (Lipinski definition) is 1. The molecule has 112 valence electrons. The Balaban J connectivity index is 1.76. The lowest BCUT2D eigenvalue weighted by Crippen LogP contribution is -2.35. The smallest absolute Gasteiger partial charge is 0.227 e. The molecule has 5 heteroatoms. The van der Waals surface area contributed by atoms with E-state index in [1.54, 1.807) is 0 Å². The Morgan fingerprint density at radius 2 is 1.86 bits per heavy atom. The van der Waals surface area contributed by atoms with E-state index in [0.717, 1.165) is 24.8 Å². The van der Waals surface area contributed by atoms with Crippen molar-refractivity contribution in [2.75, 3.05) is 6.54 Å². The Morgan fingerprint density at radius 3 is 2.52 bits per heavy atom. The van der Waals surface area contributed by atoms with Crippen LogP contribution in [0, 0.1) is 5.41 Å². The molecule has 1 saturated carbocycles. The highest BCUT2D eigenvalue weighted by atomic mass is 35.5. The van der Waals surface area contributed by atoms with E-state index < -0.39 is 0 Å². The topological polar surface area (TPSA) is 64.9 Å². The second-order valence-electron chi connectivity index (χ2n) is 5.96. The highest BCUT2D eigenvalue weighted by Crippen LogP contribution is 2.38. The van der Waals surface area contributed by atoms with Gasteiger partial charge in [0.1, 0.15) is 0 Å². The van der Waals surface area contributed by atoms with Crippen molar-refractivity contribution in [2.45, 2.75) is 38.5 Å². The molecule has 1 aliphatic rings. The summed E-state index contributed by atoms with van der Waals surface area (Å²) < 4.78 is 5.43. The number of nitrogens with two attached hydrogens (primary N) is 1. The zero-order chi connectivity index (χ0) is 14.7. The van der Waals surface area contributed by atoms with Crippen LogP contribution in [0.2, 0.25) is 5.02 Å². The van der Waals surface area contributed by atoms with E-state index >= 15 is 0 Å². The van der Waals surface area contributed by atoms with Crippen LogP contribution in [0.4, 0.5) is 0 Å². The van der Waals surface area contributed by atoms with Gasteiger partial charge >= 0.3 is 0 Å². The molecule has 0 bridgehead atoms. The molecule has 0 radical (unpaired) electrons. The molecule has 1 aliphatic carbocycles. The fraction of sp³-hybridized carbons (Fsp3) is 0.500. The Hall–Kier alpha value is -1.39. The predicted molar refractivity (Wildman–Crippen MR) is 83.0 cm³/mol. The summed E-state index contributed by atoms with van der Waals surface area (Å²) in [4.78, 5) is 4.52. The van der Waals surface area contributed by atoms with E-state index in [2.05, 4.69) is 10.1 Å². The van der Waals surface area contributed by atoms with Crippen LogP contribution in [0.3, 0.4) is 0 Å². The third-order valence-corrected chi connectivity index (χ3v) is 4.70. The molecule has 2 aromatic rings. The highest BCUT2D eigenvalue weighted by molar-refractivity contribution is 6.30. The minimum absolute atomic E-state index is 0.141. The molecule has 1 aromatic carbocycles. The molecule has 0 atom stereocenters. The molecule has 21 heavy (non-hydrogen) atoms. The zero-order valence-electron chi connectivity index (χ0n) is 12.0. The van der Waals surface area contributed by atoms with Crippen molar-refractivity contribution in [1.82, 2.24) is 10.1 Å². The van der Waals surface area contributed by atoms with E-state index in [1.165, 1.54) is 19.3 Å². The van der Waals surface area contributed by atoms with Gasteiger partial charge in [0, 0.05) is 17.0 Å². The zero-order valence-corrected chi connectivity index (χ0v) is 12.8. The Morgan fingerprint density at radius 1 is 1.14 bits per heavy atom. The molecule has 0 unspecified atom stereocenters. The summed E-state index contributed by atoms with van der Waals surface area (Å²) in [6, 6.07) is 7.46. The minimum atomic E-state index is 0.141. The summed E-state index contributed by atoms with van der Waals surface area (Å²) in [6.07, 6.45) is 6.89. The van der Waals surface area contributed by atoms with Crippen molar-refractivity contribution >= 4 is 11.6 Å². The van der Waals surface area contributed by atoms with Crippen LogP contribution in [0.15, 0.2) is 28.8 Å². The average molecular weight is 306 g/mol. The van der Waals surface area contributed by atoms with Gasteiger partial charge in [-0.25, -0.2) is 0 Å². The van der Waals surface area contributed by atoms with Crippen LogP contribution < -0.4 is 5.73 Å². The van der Waals surface area contributed by atoms with Gasteiger partial charge in [0.15, 0.2) is 0 Å². The van der Waals surface area contributed by atoms with Crippen LogP contribution in [0.5, 0.6) is 0 Å². The molecule has 1 fully saturated rings. The van der Waals surface area contributed by atoms with Gasteiger partial charge in [-0.1, -0.05) is 36.0 Å². The number of aromatic nitrogens is 2. The standard InChI is InChI=1S/C16H20ClN3O/c17-13-6-4-12(5-7-13)15-19-14(21-20-15)10-16(11-18)8-2-1-3-9-16/h4-7H,1-3,8-11,18H2. The number of nitrogens with zero attached hydrogens (tertiary/aromatic N) is 2. The molecule has 1 heterocycles. The number of rotatable bonds is 4. The van der Waals surface area contributed by atoms with E-state index in [1.807, 2.05) is 24.3 Å². The first kappa shape index (κ1) is 14.5. The summed E-state index contributed by atoms with van der Waals surface area (Å²) in [5, 5.41) is 4.78. The van der Waals surface area contributed by atoms with Crippen LogP contribution in [0.25, 0.3) is 11.4 Å². The summed E-state index contributed by atoms with van der Waals surface area (Å²) >= 11 is 5.89. The maximum absolute atomic E-state index is 6.02. The van der Waals surface area contributed by atoms with Crippen molar-refractivity contribution in [3.05, 3.63) is 35.2 Å². The van der Waals surface area contributed by atoms with Crippen LogP contribution in [0.1, 0.15) is 38.0 Å². The Bertz CT molecular complexity index is 588. The van der Waals surface area contributed by atoms with E-state index in [4.69, 9.17) is 21.9 Å². The lowest BCUT2D eigenvalue weighted by atomic mass is 9.72. The Labute approximate surface area is 129 Å². The maximum atomic E-state index is 6.02. The summed E-state index contributed by atoms with van der Waals surface area (Å²) in [7, 11) is 0. The van der Waals surface area contributed by atoms with Gasteiger partial charge in [0.2, 0.25) is 11.7 Å². The highest BCUT2D eigenvalue weighted by Gasteiger charge is 2.32. The fourth-order valence-corrected chi connectivity index (χ4v) is 3.24. The average Bonchev–Trinajstić information content (AvgIpc) is 2.97. The van der Waals surface area contributed by atoms with Crippen molar-refractivity contribution in [3.63, 3.8) is 0 Å². The minimum Gasteiger partial charge on any atom is -0.339 e. The summed E-state index contributed by atoms with van der Waals surface area (Å²) in [5.41, 5.74) is 7.07. The van der Waals surface area contributed by atoms with Crippen LogP contribution >= 0.6 is 11.6 Å². The third-order valence-electron chi connectivity index (χ3n) is 4.44.